The van der Waals surface area contributed by atoms with Gasteiger partial charge in [0.2, 0.25) is 11.7 Å². The smallest absolute Gasteiger partial charge is 0.307 e. The van der Waals surface area contributed by atoms with Gasteiger partial charge in [-0.2, -0.15) is 4.98 Å². The molecule has 0 radical (unpaired) electrons. The second kappa shape index (κ2) is 4.99. The lowest BCUT2D eigenvalue weighted by Gasteiger charge is -2.09. The molecule has 1 aliphatic carbocycles. The Morgan fingerprint density at radius 1 is 1.40 bits per heavy atom. The van der Waals surface area contributed by atoms with Crippen molar-refractivity contribution in [2.75, 3.05) is 0 Å². The van der Waals surface area contributed by atoms with Crippen molar-refractivity contribution in [3.8, 4) is 11.5 Å². The summed E-state index contributed by atoms with van der Waals surface area (Å²) in [6.07, 6.45) is 3.92. The van der Waals surface area contributed by atoms with Crippen molar-refractivity contribution >= 4 is 5.97 Å². The van der Waals surface area contributed by atoms with E-state index in [1.54, 1.807) is 19.2 Å². The fraction of sp³-hybridized carbons (Fsp3) is 0.462. The lowest BCUT2D eigenvalue weighted by atomic mass is 9.96. The number of rotatable bonds is 3. The molecule has 2 unspecified atom stereocenters. The zero-order chi connectivity index (χ0) is 14.1. The molecule has 104 valence electrons. The van der Waals surface area contributed by atoms with Gasteiger partial charge in [-0.25, -0.2) is 9.97 Å². The molecular weight excluding hydrogens is 260 g/mol. The predicted molar refractivity (Wildman–Crippen MR) is 67.8 cm³/mol. The van der Waals surface area contributed by atoms with Crippen molar-refractivity contribution in [2.24, 2.45) is 5.92 Å². The van der Waals surface area contributed by atoms with E-state index >= 15 is 0 Å². The van der Waals surface area contributed by atoms with Crippen LogP contribution in [0.15, 0.2) is 16.8 Å². The molecule has 0 saturated heterocycles. The number of nitrogens with zero attached hydrogens (tertiary/aromatic N) is 4. The number of hydrogen-bond donors (Lipinski definition) is 1. The molecule has 2 heterocycles. The molecule has 3 rings (SSSR count). The van der Waals surface area contributed by atoms with Gasteiger partial charge >= 0.3 is 5.97 Å². The maximum absolute atomic E-state index is 11.2. The van der Waals surface area contributed by atoms with Gasteiger partial charge < -0.3 is 9.63 Å². The number of carboxylic acids is 1. The van der Waals surface area contributed by atoms with Gasteiger partial charge in [0.05, 0.1) is 11.8 Å². The first-order chi connectivity index (χ1) is 9.65. The number of aromatic nitrogens is 4. The van der Waals surface area contributed by atoms with Crippen molar-refractivity contribution in [3.05, 3.63) is 24.0 Å². The fourth-order valence-corrected chi connectivity index (χ4v) is 2.62. The predicted octanol–water partition coefficient (Wildman–Crippen LogP) is 1.80. The Balaban J connectivity index is 1.89. The van der Waals surface area contributed by atoms with Crippen LogP contribution in [0, 0.1) is 12.8 Å². The van der Waals surface area contributed by atoms with Crippen LogP contribution in [0.1, 0.15) is 36.9 Å². The summed E-state index contributed by atoms with van der Waals surface area (Å²) in [5.74, 6) is -0.0434. The molecule has 0 amide bonds. The molecule has 2 atom stereocenters. The molecule has 1 saturated carbocycles. The topological polar surface area (TPSA) is 102 Å². The number of hydrogen-bond acceptors (Lipinski definition) is 6. The summed E-state index contributed by atoms with van der Waals surface area (Å²) < 4.78 is 5.24. The first kappa shape index (κ1) is 12.7. The molecule has 0 bridgehead atoms. The minimum absolute atomic E-state index is 0.198. The summed E-state index contributed by atoms with van der Waals surface area (Å²) in [5.41, 5.74) is 0.581. The van der Waals surface area contributed by atoms with Crippen LogP contribution in [0.3, 0.4) is 0 Å². The highest BCUT2D eigenvalue weighted by Gasteiger charge is 2.37. The molecule has 7 nitrogen and oxygen atoms in total. The molecule has 0 aromatic carbocycles. The zero-order valence-electron chi connectivity index (χ0n) is 11.0. The van der Waals surface area contributed by atoms with Crippen molar-refractivity contribution in [1.29, 1.82) is 0 Å². The van der Waals surface area contributed by atoms with E-state index in [-0.39, 0.29) is 5.92 Å². The summed E-state index contributed by atoms with van der Waals surface area (Å²) >= 11 is 0. The van der Waals surface area contributed by atoms with Gasteiger partial charge in [0.25, 0.3) is 0 Å². The Kier molecular flexibility index (Phi) is 3.17. The van der Waals surface area contributed by atoms with Gasteiger partial charge in [0.1, 0.15) is 11.5 Å². The molecule has 0 aliphatic heterocycles. The largest absolute Gasteiger partial charge is 0.481 e. The summed E-state index contributed by atoms with van der Waals surface area (Å²) in [6.45, 7) is 1.78. The van der Waals surface area contributed by atoms with Crippen molar-refractivity contribution < 1.29 is 14.4 Å². The number of carbonyl (C=O) groups is 1. The van der Waals surface area contributed by atoms with E-state index in [9.17, 15) is 9.90 Å². The van der Waals surface area contributed by atoms with Gasteiger partial charge in [-0.1, -0.05) is 11.6 Å². The van der Waals surface area contributed by atoms with Gasteiger partial charge in [-0.3, -0.25) is 4.79 Å². The standard InChI is InChI=1S/C13H14N4O3/c1-7-14-6-5-10(15-7)11-16-12(20-17-11)8-3-2-4-9(8)13(18)19/h5-6,8-9H,2-4H2,1H3,(H,18,19). The minimum atomic E-state index is -0.801. The summed E-state index contributed by atoms with van der Waals surface area (Å²) in [4.78, 5) is 23.7. The van der Waals surface area contributed by atoms with E-state index in [4.69, 9.17) is 4.52 Å². The molecule has 20 heavy (non-hydrogen) atoms. The molecule has 2 aromatic heterocycles. The average molecular weight is 274 g/mol. The Bertz CT molecular complexity index is 640. The van der Waals surface area contributed by atoms with Crippen LogP contribution in [-0.4, -0.2) is 31.2 Å². The zero-order valence-corrected chi connectivity index (χ0v) is 11.0. The number of carboxylic acid groups (broad SMARTS) is 1. The van der Waals surface area contributed by atoms with Crippen LogP contribution in [0.5, 0.6) is 0 Å². The molecular formula is C13H14N4O3. The van der Waals surface area contributed by atoms with E-state index in [0.717, 1.165) is 12.8 Å². The Hall–Kier alpha value is -2.31. The van der Waals surface area contributed by atoms with Crippen molar-refractivity contribution in [1.82, 2.24) is 20.1 Å². The first-order valence-electron chi connectivity index (χ1n) is 6.51. The van der Waals surface area contributed by atoms with Gasteiger partial charge in [0.15, 0.2) is 0 Å². The summed E-state index contributed by atoms with van der Waals surface area (Å²) in [6, 6.07) is 1.70. The maximum atomic E-state index is 11.2. The summed E-state index contributed by atoms with van der Waals surface area (Å²) in [7, 11) is 0. The van der Waals surface area contributed by atoms with E-state index in [1.807, 2.05) is 0 Å². The second-order valence-corrected chi connectivity index (χ2v) is 4.93. The first-order valence-corrected chi connectivity index (χ1v) is 6.51. The third-order valence-corrected chi connectivity index (χ3v) is 3.60. The molecule has 1 fully saturated rings. The van der Waals surface area contributed by atoms with Gasteiger partial charge in [-0.15, -0.1) is 0 Å². The monoisotopic (exact) mass is 274 g/mol. The second-order valence-electron chi connectivity index (χ2n) is 4.93. The quantitative estimate of drug-likeness (QED) is 0.910. The minimum Gasteiger partial charge on any atom is -0.481 e. The van der Waals surface area contributed by atoms with Gasteiger partial charge in [-0.05, 0) is 25.8 Å². The molecule has 7 heteroatoms. The van der Waals surface area contributed by atoms with Crippen LogP contribution >= 0.6 is 0 Å². The highest BCUT2D eigenvalue weighted by molar-refractivity contribution is 5.71. The average Bonchev–Trinajstić information content (AvgIpc) is 3.07. The third-order valence-electron chi connectivity index (χ3n) is 3.60. The van der Waals surface area contributed by atoms with Crippen LogP contribution in [0.4, 0.5) is 0 Å². The highest BCUT2D eigenvalue weighted by Crippen LogP contribution is 2.39. The Morgan fingerprint density at radius 3 is 3.00 bits per heavy atom. The lowest BCUT2D eigenvalue weighted by molar-refractivity contribution is -0.142. The van der Waals surface area contributed by atoms with Crippen LogP contribution < -0.4 is 0 Å². The maximum Gasteiger partial charge on any atom is 0.307 e. The van der Waals surface area contributed by atoms with Crippen molar-refractivity contribution in [3.63, 3.8) is 0 Å². The van der Waals surface area contributed by atoms with E-state index in [2.05, 4.69) is 20.1 Å². The lowest BCUT2D eigenvalue weighted by Crippen LogP contribution is -2.17. The highest BCUT2D eigenvalue weighted by atomic mass is 16.5. The Labute approximate surface area is 115 Å². The number of aliphatic carboxylic acids is 1. The van der Waals surface area contributed by atoms with E-state index < -0.39 is 11.9 Å². The SMILES string of the molecule is Cc1nccc(-c2noc(C3CCCC3C(=O)O)n2)n1. The summed E-state index contributed by atoms with van der Waals surface area (Å²) in [5, 5.41) is 13.1. The fourth-order valence-electron chi connectivity index (χ4n) is 2.62. The van der Waals surface area contributed by atoms with Crippen LogP contribution in [0.2, 0.25) is 0 Å². The van der Waals surface area contributed by atoms with Crippen molar-refractivity contribution in [2.45, 2.75) is 32.1 Å². The third kappa shape index (κ3) is 2.26. The van der Waals surface area contributed by atoms with E-state index in [0.29, 0.717) is 29.7 Å². The number of aryl methyl sites for hydroxylation is 1. The normalized spacial score (nSPS) is 22.1. The van der Waals surface area contributed by atoms with E-state index in [1.165, 1.54) is 0 Å². The molecule has 0 spiro atoms. The Morgan fingerprint density at radius 2 is 2.25 bits per heavy atom. The molecule has 1 N–H and O–H groups in total. The molecule has 2 aromatic rings. The molecule has 1 aliphatic rings. The van der Waals surface area contributed by atoms with Crippen LogP contribution in [0.25, 0.3) is 11.5 Å². The van der Waals surface area contributed by atoms with Crippen LogP contribution in [-0.2, 0) is 4.79 Å². The van der Waals surface area contributed by atoms with Gasteiger partial charge in [0, 0.05) is 6.20 Å².